The molecule has 0 aliphatic rings. The maximum Gasteiger partial charge on any atom is 0.160 e. The van der Waals surface area contributed by atoms with Gasteiger partial charge in [-0.05, 0) is 48.0 Å². The van der Waals surface area contributed by atoms with E-state index in [1.807, 2.05) is 36.4 Å². The highest BCUT2D eigenvalue weighted by Gasteiger charge is 2.09. The van der Waals surface area contributed by atoms with E-state index in [9.17, 15) is 0 Å². The van der Waals surface area contributed by atoms with Crippen LogP contribution >= 0.6 is 23.2 Å². The molecule has 0 spiro atoms. The number of ether oxygens (including phenoxy) is 2. The molecule has 3 aromatic rings. The van der Waals surface area contributed by atoms with Gasteiger partial charge in [-0.1, -0.05) is 29.3 Å². The second-order valence-corrected chi connectivity index (χ2v) is 7.02. The van der Waals surface area contributed by atoms with Gasteiger partial charge in [0.2, 0.25) is 0 Å². The number of halogens is 2. The van der Waals surface area contributed by atoms with Gasteiger partial charge in [0.05, 0.1) is 20.8 Å². The minimum absolute atomic E-state index is 0.594. The minimum atomic E-state index is 0.594. The van der Waals surface area contributed by atoms with Gasteiger partial charge in [-0.15, -0.1) is 0 Å². The van der Waals surface area contributed by atoms with Crippen LogP contribution in [0.25, 0.3) is 11.3 Å². The first-order valence-electron chi connectivity index (χ1n) is 8.67. The highest BCUT2D eigenvalue weighted by Crippen LogP contribution is 2.29. The van der Waals surface area contributed by atoms with E-state index in [0.29, 0.717) is 10.0 Å². The van der Waals surface area contributed by atoms with E-state index < -0.39 is 0 Å². The molecule has 0 fully saturated rings. The van der Waals surface area contributed by atoms with E-state index in [4.69, 9.17) is 37.1 Å². The van der Waals surface area contributed by atoms with Crippen LogP contribution < -0.4 is 14.8 Å². The quantitative estimate of drug-likeness (QED) is 0.557. The van der Waals surface area contributed by atoms with Crippen molar-refractivity contribution in [2.24, 2.45) is 0 Å². The molecule has 27 heavy (non-hydrogen) atoms. The first kappa shape index (κ1) is 19.6. The first-order valence-corrected chi connectivity index (χ1v) is 9.42. The number of hydrogen-bond acceptors (Lipinski definition) is 3. The fraction of sp³-hybridized carbons (Fsp3) is 0.238. The predicted octanol–water partition coefficient (Wildman–Crippen LogP) is 4.58. The average Bonchev–Trinajstić information content (AvgIpc) is 3.13. The Morgan fingerprint density at radius 2 is 1.63 bits per heavy atom. The topological polar surface area (TPSA) is 48.2 Å². The van der Waals surface area contributed by atoms with Crippen LogP contribution in [0.15, 0.2) is 52.9 Å². The fourth-order valence-electron chi connectivity index (χ4n) is 2.89. The van der Waals surface area contributed by atoms with Gasteiger partial charge in [0.15, 0.2) is 17.3 Å². The fourth-order valence-corrected chi connectivity index (χ4v) is 3.41. The Labute approximate surface area is 169 Å². The van der Waals surface area contributed by atoms with Gasteiger partial charge in [0, 0.05) is 22.0 Å². The van der Waals surface area contributed by atoms with Gasteiger partial charge in [-0.3, -0.25) is 0 Å². The molecular formula is C21H22Cl2NO3+. The second kappa shape index (κ2) is 9.18. The third kappa shape index (κ3) is 5.19. The molecule has 1 aromatic heterocycles. The van der Waals surface area contributed by atoms with Crippen molar-refractivity contribution >= 4 is 23.2 Å². The first-order chi connectivity index (χ1) is 13.1. The van der Waals surface area contributed by atoms with Crippen LogP contribution in [0.1, 0.15) is 11.3 Å². The molecule has 1 heterocycles. The lowest BCUT2D eigenvalue weighted by atomic mass is 10.1. The molecular weight excluding hydrogens is 385 g/mol. The third-order valence-corrected chi connectivity index (χ3v) is 4.68. The highest BCUT2D eigenvalue weighted by molar-refractivity contribution is 6.35. The van der Waals surface area contributed by atoms with Gasteiger partial charge in [0.25, 0.3) is 0 Å². The predicted molar refractivity (Wildman–Crippen MR) is 108 cm³/mol. The summed E-state index contributed by atoms with van der Waals surface area (Å²) in [6.07, 6.45) is 0.928. The van der Waals surface area contributed by atoms with E-state index >= 15 is 0 Å². The number of benzene rings is 2. The summed E-state index contributed by atoms with van der Waals surface area (Å²) in [6.45, 7) is 1.70. The molecule has 2 N–H and O–H groups in total. The zero-order chi connectivity index (χ0) is 19.2. The van der Waals surface area contributed by atoms with Gasteiger partial charge >= 0.3 is 0 Å². The van der Waals surface area contributed by atoms with Crippen molar-refractivity contribution in [1.29, 1.82) is 0 Å². The molecule has 142 valence electrons. The Balaban J connectivity index is 1.53. The van der Waals surface area contributed by atoms with E-state index in [0.717, 1.165) is 48.1 Å². The van der Waals surface area contributed by atoms with Crippen molar-refractivity contribution in [1.82, 2.24) is 0 Å². The smallest absolute Gasteiger partial charge is 0.160 e. The summed E-state index contributed by atoms with van der Waals surface area (Å²) in [5.74, 6) is 3.18. The molecule has 0 saturated heterocycles. The Morgan fingerprint density at radius 1 is 0.889 bits per heavy atom. The normalized spacial score (nSPS) is 10.8. The lowest BCUT2D eigenvalue weighted by Gasteiger charge is -2.09. The van der Waals surface area contributed by atoms with Crippen LogP contribution in [-0.4, -0.2) is 20.8 Å². The molecule has 6 heteroatoms. The number of rotatable bonds is 8. The SMILES string of the molecule is COc1ccc(CC[NH2+]Cc2ccc(-c3cc(Cl)cc(Cl)c3)o2)cc1OC. The minimum Gasteiger partial charge on any atom is -0.493 e. The van der Waals surface area contributed by atoms with Crippen molar-refractivity contribution in [3.05, 3.63) is 69.9 Å². The van der Waals surface area contributed by atoms with Gasteiger partial charge in [-0.2, -0.15) is 0 Å². The molecule has 0 amide bonds. The zero-order valence-electron chi connectivity index (χ0n) is 15.3. The Hall–Kier alpha value is -2.14. The summed E-state index contributed by atoms with van der Waals surface area (Å²) in [4.78, 5) is 0. The zero-order valence-corrected chi connectivity index (χ0v) is 16.8. The largest absolute Gasteiger partial charge is 0.493 e. The van der Waals surface area contributed by atoms with Crippen LogP contribution in [0.3, 0.4) is 0 Å². The monoisotopic (exact) mass is 406 g/mol. The maximum absolute atomic E-state index is 6.06. The average molecular weight is 407 g/mol. The molecule has 4 nitrogen and oxygen atoms in total. The number of furan rings is 1. The molecule has 0 unspecified atom stereocenters. The summed E-state index contributed by atoms with van der Waals surface area (Å²) in [7, 11) is 3.29. The number of quaternary nitrogens is 1. The standard InChI is InChI=1S/C21H21Cl2NO3/c1-25-20-5-3-14(9-21(20)26-2)7-8-24-13-18-4-6-19(27-18)15-10-16(22)12-17(23)11-15/h3-6,9-12,24H,7-8,13H2,1-2H3/p+1. The molecule has 0 aliphatic heterocycles. The Morgan fingerprint density at radius 3 is 2.33 bits per heavy atom. The number of nitrogens with two attached hydrogens (primary N) is 1. The third-order valence-electron chi connectivity index (χ3n) is 4.24. The van der Waals surface area contributed by atoms with Crippen molar-refractivity contribution in [3.8, 4) is 22.8 Å². The van der Waals surface area contributed by atoms with Crippen molar-refractivity contribution < 1.29 is 19.2 Å². The van der Waals surface area contributed by atoms with Gasteiger partial charge < -0.3 is 19.2 Å². The molecule has 0 bridgehead atoms. The molecule has 0 saturated carbocycles. The molecule has 0 radical (unpaired) electrons. The summed E-state index contributed by atoms with van der Waals surface area (Å²) in [5.41, 5.74) is 2.08. The van der Waals surface area contributed by atoms with Gasteiger partial charge in [-0.25, -0.2) is 0 Å². The molecule has 0 aliphatic carbocycles. The summed E-state index contributed by atoms with van der Waals surface area (Å²) < 4.78 is 16.5. The van der Waals surface area contributed by atoms with Crippen LogP contribution in [0.4, 0.5) is 0 Å². The molecule has 2 aromatic carbocycles. The lowest BCUT2D eigenvalue weighted by molar-refractivity contribution is -0.671. The highest BCUT2D eigenvalue weighted by atomic mass is 35.5. The van der Waals surface area contributed by atoms with E-state index in [1.165, 1.54) is 5.56 Å². The Kier molecular flexibility index (Phi) is 6.67. The van der Waals surface area contributed by atoms with Gasteiger partial charge in [0.1, 0.15) is 12.3 Å². The van der Waals surface area contributed by atoms with Crippen molar-refractivity contribution in [2.45, 2.75) is 13.0 Å². The van der Waals surface area contributed by atoms with E-state index in [1.54, 1.807) is 20.3 Å². The molecule has 0 atom stereocenters. The summed E-state index contributed by atoms with van der Waals surface area (Å²) in [5, 5.41) is 3.40. The maximum atomic E-state index is 6.06. The van der Waals surface area contributed by atoms with Crippen LogP contribution in [0.2, 0.25) is 10.0 Å². The van der Waals surface area contributed by atoms with Crippen LogP contribution in [0.5, 0.6) is 11.5 Å². The Bertz CT molecular complexity index is 888. The lowest BCUT2D eigenvalue weighted by Crippen LogP contribution is -2.83. The number of methoxy groups -OCH3 is 2. The van der Waals surface area contributed by atoms with E-state index in [2.05, 4.69) is 11.4 Å². The second-order valence-electron chi connectivity index (χ2n) is 6.14. The van der Waals surface area contributed by atoms with Crippen molar-refractivity contribution in [2.75, 3.05) is 20.8 Å². The van der Waals surface area contributed by atoms with Crippen LogP contribution in [0, 0.1) is 0 Å². The summed E-state index contributed by atoms with van der Waals surface area (Å²) >= 11 is 12.1. The van der Waals surface area contributed by atoms with E-state index in [-0.39, 0.29) is 0 Å². The molecule has 3 rings (SSSR count). The van der Waals surface area contributed by atoms with Crippen molar-refractivity contribution in [3.63, 3.8) is 0 Å². The summed E-state index contributed by atoms with van der Waals surface area (Å²) in [6, 6.07) is 15.3. The van der Waals surface area contributed by atoms with Crippen LogP contribution in [-0.2, 0) is 13.0 Å². The number of hydrogen-bond donors (Lipinski definition) is 1.